The highest BCUT2D eigenvalue weighted by Crippen LogP contribution is 2.16. The van der Waals surface area contributed by atoms with Gasteiger partial charge in [0.2, 0.25) is 0 Å². The zero-order valence-corrected chi connectivity index (χ0v) is 8.11. The number of nitrogens with zero attached hydrogens (tertiary/aromatic N) is 1. The fraction of sp³-hybridized carbons (Fsp3) is 0.364. The first-order valence-electron chi connectivity index (χ1n) is 4.97. The molecule has 0 spiro atoms. The molecule has 0 fully saturated rings. The van der Waals surface area contributed by atoms with Crippen LogP contribution in [0.2, 0.25) is 0 Å². The smallest absolute Gasteiger partial charge is 0.123 e. The summed E-state index contributed by atoms with van der Waals surface area (Å²) in [5.74, 6) is 0.569. The summed E-state index contributed by atoms with van der Waals surface area (Å²) >= 11 is 0. The Morgan fingerprint density at radius 2 is 2.29 bits per heavy atom. The lowest BCUT2D eigenvalue weighted by Crippen LogP contribution is -2.20. The predicted octanol–water partition coefficient (Wildman–Crippen LogP) is 2.18. The molecule has 3 nitrogen and oxygen atoms in total. The molecule has 1 unspecified atom stereocenters. The van der Waals surface area contributed by atoms with E-state index in [9.17, 15) is 0 Å². The summed E-state index contributed by atoms with van der Waals surface area (Å²) in [4.78, 5) is 4.04. The molecule has 0 saturated carbocycles. The predicted molar refractivity (Wildman–Crippen MR) is 59.1 cm³/mol. The number of rotatable bonds is 2. The van der Waals surface area contributed by atoms with Gasteiger partial charge in [0, 0.05) is 6.04 Å². The zero-order valence-electron chi connectivity index (χ0n) is 8.11. The van der Waals surface area contributed by atoms with Gasteiger partial charge in [-0.25, -0.2) is 4.98 Å². The number of hydrogen-bond donors (Lipinski definition) is 2. The van der Waals surface area contributed by atoms with E-state index in [0.29, 0.717) is 11.9 Å². The summed E-state index contributed by atoms with van der Waals surface area (Å²) < 4.78 is 0. The van der Waals surface area contributed by atoms with Gasteiger partial charge in [0.15, 0.2) is 0 Å². The van der Waals surface area contributed by atoms with Crippen LogP contribution in [0.25, 0.3) is 0 Å². The zero-order chi connectivity index (χ0) is 9.80. The molecule has 0 aromatic carbocycles. The first-order chi connectivity index (χ1) is 6.84. The maximum Gasteiger partial charge on any atom is 0.123 e. The van der Waals surface area contributed by atoms with Crippen molar-refractivity contribution in [3.05, 3.63) is 30.5 Å². The molecule has 0 amide bonds. The molecular weight excluding hydrogens is 174 g/mol. The first kappa shape index (κ1) is 9.06. The van der Waals surface area contributed by atoms with Gasteiger partial charge in [0.05, 0.1) is 11.9 Å². The molecule has 1 aliphatic carbocycles. The molecule has 1 aromatic rings. The molecule has 2 rings (SSSR count). The van der Waals surface area contributed by atoms with Crippen LogP contribution in [0.4, 0.5) is 11.5 Å². The largest absolute Gasteiger partial charge is 0.384 e. The maximum atomic E-state index is 5.51. The van der Waals surface area contributed by atoms with Crippen molar-refractivity contribution in [1.29, 1.82) is 0 Å². The fourth-order valence-electron chi connectivity index (χ4n) is 1.65. The fourth-order valence-corrected chi connectivity index (χ4v) is 1.65. The van der Waals surface area contributed by atoms with Crippen molar-refractivity contribution >= 4 is 11.5 Å². The van der Waals surface area contributed by atoms with Crippen LogP contribution in [0, 0.1) is 0 Å². The van der Waals surface area contributed by atoms with Gasteiger partial charge in [-0.1, -0.05) is 12.2 Å². The number of nitrogens with one attached hydrogen (secondary N) is 1. The Morgan fingerprint density at radius 1 is 1.36 bits per heavy atom. The third-order valence-corrected chi connectivity index (χ3v) is 2.43. The van der Waals surface area contributed by atoms with E-state index in [4.69, 9.17) is 5.73 Å². The van der Waals surface area contributed by atoms with Gasteiger partial charge in [0.25, 0.3) is 0 Å². The Kier molecular flexibility index (Phi) is 2.68. The van der Waals surface area contributed by atoms with E-state index in [2.05, 4.69) is 22.5 Å². The maximum absolute atomic E-state index is 5.51. The van der Waals surface area contributed by atoms with Gasteiger partial charge in [0.1, 0.15) is 5.82 Å². The van der Waals surface area contributed by atoms with Gasteiger partial charge in [-0.15, -0.1) is 0 Å². The number of anilines is 2. The normalized spacial score (nSPS) is 20.7. The third kappa shape index (κ3) is 2.25. The lowest BCUT2D eigenvalue weighted by atomic mass is 10.0. The Bertz CT molecular complexity index is 316. The van der Waals surface area contributed by atoms with Gasteiger partial charge < -0.3 is 11.1 Å². The molecular formula is C11H15N3. The standard InChI is InChI=1S/C11H15N3/c12-11-7-6-10(8-13-11)14-9-4-2-1-3-5-9/h1-2,6-9,14H,3-5H2,(H2,12,13). The molecule has 0 bridgehead atoms. The lowest BCUT2D eigenvalue weighted by molar-refractivity contribution is 0.644. The minimum Gasteiger partial charge on any atom is -0.384 e. The second-order valence-electron chi connectivity index (χ2n) is 3.60. The monoisotopic (exact) mass is 189 g/mol. The molecule has 3 N–H and O–H groups in total. The van der Waals surface area contributed by atoms with Gasteiger partial charge >= 0.3 is 0 Å². The molecule has 0 saturated heterocycles. The quantitative estimate of drug-likeness (QED) is 0.701. The molecule has 0 aliphatic heterocycles. The van der Waals surface area contributed by atoms with Crippen LogP contribution >= 0.6 is 0 Å². The van der Waals surface area contributed by atoms with Crippen molar-refractivity contribution in [2.75, 3.05) is 11.1 Å². The minimum atomic E-state index is 0.547. The van der Waals surface area contributed by atoms with Crippen LogP contribution in [-0.4, -0.2) is 11.0 Å². The highest BCUT2D eigenvalue weighted by molar-refractivity contribution is 5.46. The van der Waals surface area contributed by atoms with Crippen molar-refractivity contribution in [3.8, 4) is 0 Å². The molecule has 1 aromatic heterocycles. The average molecular weight is 189 g/mol. The molecule has 1 atom stereocenters. The van der Waals surface area contributed by atoms with Crippen LogP contribution < -0.4 is 11.1 Å². The van der Waals surface area contributed by atoms with E-state index >= 15 is 0 Å². The van der Waals surface area contributed by atoms with Crippen LogP contribution in [0.3, 0.4) is 0 Å². The van der Waals surface area contributed by atoms with E-state index in [0.717, 1.165) is 12.1 Å². The summed E-state index contributed by atoms with van der Waals surface area (Å²) in [6.45, 7) is 0. The number of aromatic nitrogens is 1. The summed E-state index contributed by atoms with van der Waals surface area (Å²) in [7, 11) is 0. The van der Waals surface area contributed by atoms with E-state index in [-0.39, 0.29) is 0 Å². The second-order valence-corrected chi connectivity index (χ2v) is 3.60. The van der Waals surface area contributed by atoms with E-state index in [1.165, 1.54) is 12.8 Å². The molecule has 3 heteroatoms. The second kappa shape index (κ2) is 4.13. The van der Waals surface area contributed by atoms with Crippen molar-refractivity contribution in [2.45, 2.75) is 25.3 Å². The molecule has 1 heterocycles. The molecule has 74 valence electrons. The Hall–Kier alpha value is -1.51. The summed E-state index contributed by atoms with van der Waals surface area (Å²) in [5, 5.41) is 3.44. The lowest BCUT2D eigenvalue weighted by Gasteiger charge is -2.20. The van der Waals surface area contributed by atoms with Gasteiger partial charge in [-0.2, -0.15) is 0 Å². The number of pyridine rings is 1. The van der Waals surface area contributed by atoms with Crippen LogP contribution in [0.15, 0.2) is 30.5 Å². The van der Waals surface area contributed by atoms with Gasteiger partial charge in [-0.05, 0) is 31.4 Å². The SMILES string of the molecule is Nc1ccc(NC2CC=CCC2)cn1. The molecule has 14 heavy (non-hydrogen) atoms. The summed E-state index contributed by atoms with van der Waals surface area (Å²) in [6, 6.07) is 4.34. The average Bonchev–Trinajstić information content (AvgIpc) is 2.23. The number of hydrogen-bond acceptors (Lipinski definition) is 3. The number of nitrogen functional groups attached to an aromatic ring is 1. The van der Waals surface area contributed by atoms with Crippen molar-refractivity contribution in [1.82, 2.24) is 4.98 Å². The summed E-state index contributed by atoms with van der Waals surface area (Å²) in [5.41, 5.74) is 6.56. The number of allylic oxidation sites excluding steroid dienone is 1. The molecule has 1 aliphatic rings. The highest BCUT2D eigenvalue weighted by atomic mass is 14.9. The molecule has 0 radical (unpaired) electrons. The van der Waals surface area contributed by atoms with Crippen molar-refractivity contribution in [2.24, 2.45) is 0 Å². The topological polar surface area (TPSA) is 50.9 Å². The van der Waals surface area contributed by atoms with Crippen LogP contribution in [0.1, 0.15) is 19.3 Å². The van der Waals surface area contributed by atoms with Crippen molar-refractivity contribution in [3.63, 3.8) is 0 Å². The van der Waals surface area contributed by atoms with E-state index in [1.54, 1.807) is 6.20 Å². The summed E-state index contributed by atoms with van der Waals surface area (Å²) in [6.07, 6.45) is 9.71. The van der Waals surface area contributed by atoms with Crippen LogP contribution in [-0.2, 0) is 0 Å². The van der Waals surface area contributed by atoms with Crippen LogP contribution in [0.5, 0.6) is 0 Å². The number of nitrogens with two attached hydrogens (primary N) is 1. The Balaban J connectivity index is 1.96. The van der Waals surface area contributed by atoms with E-state index < -0.39 is 0 Å². The Labute approximate surface area is 84.0 Å². The first-order valence-corrected chi connectivity index (χ1v) is 4.97. The van der Waals surface area contributed by atoms with E-state index in [1.807, 2.05) is 12.1 Å². The Morgan fingerprint density at radius 3 is 2.93 bits per heavy atom. The third-order valence-electron chi connectivity index (χ3n) is 2.43. The van der Waals surface area contributed by atoms with Gasteiger partial charge in [-0.3, -0.25) is 0 Å². The van der Waals surface area contributed by atoms with Crippen molar-refractivity contribution < 1.29 is 0 Å². The highest BCUT2D eigenvalue weighted by Gasteiger charge is 2.08. The minimum absolute atomic E-state index is 0.547.